The standard InChI is InChI=1S/C10H14N2O6/c1-10(4-13)7(16)6(15)8(18-10)12-3-2-5(14)11-9(12)17/h2-3,6-8,13,15-16H,4H2,1H3,(H,11,14,17)/t6-,7+,8-,10-/m1/s1. The number of aliphatic hydroxyl groups is 3. The topological polar surface area (TPSA) is 125 Å². The number of ether oxygens (including phenoxy) is 1. The van der Waals surface area contributed by atoms with Crippen LogP contribution in [-0.4, -0.2) is 49.3 Å². The van der Waals surface area contributed by atoms with Crippen LogP contribution in [0.5, 0.6) is 0 Å². The molecule has 1 aromatic rings. The number of rotatable bonds is 2. The van der Waals surface area contributed by atoms with Gasteiger partial charge in [-0.2, -0.15) is 0 Å². The van der Waals surface area contributed by atoms with Gasteiger partial charge in [-0.25, -0.2) is 4.79 Å². The van der Waals surface area contributed by atoms with E-state index in [0.29, 0.717) is 0 Å². The van der Waals surface area contributed by atoms with Crippen molar-refractivity contribution in [3.63, 3.8) is 0 Å². The first-order chi connectivity index (χ1) is 8.39. The van der Waals surface area contributed by atoms with E-state index in [0.717, 1.165) is 16.8 Å². The molecule has 0 spiro atoms. The van der Waals surface area contributed by atoms with E-state index in [-0.39, 0.29) is 0 Å². The number of nitrogens with one attached hydrogen (secondary N) is 1. The lowest BCUT2D eigenvalue weighted by Crippen LogP contribution is -2.43. The van der Waals surface area contributed by atoms with E-state index >= 15 is 0 Å². The van der Waals surface area contributed by atoms with Crippen LogP contribution in [0, 0.1) is 0 Å². The summed E-state index contributed by atoms with van der Waals surface area (Å²) in [6, 6.07) is 1.10. The van der Waals surface area contributed by atoms with Gasteiger partial charge in [0.15, 0.2) is 6.23 Å². The van der Waals surface area contributed by atoms with E-state index < -0.39 is 41.9 Å². The Morgan fingerprint density at radius 3 is 2.67 bits per heavy atom. The molecule has 0 bridgehead atoms. The number of aromatic nitrogens is 2. The SMILES string of the molecule is C[C@]1(CO)O[C@@H](n2ccc(=O)[nH]c2=O)[C@H](O)[C@@H]1O. The maximum absolute atomic E-state index is 11.6. The number of H-pyrrole nitrogens is 1. The van der Waals surface area contributed by atoms with Gasteiger partial charge < -0.3 is 20.1 Å². The normalized spacial score (nSPS) is 35.9. The first kappa shape index (κ1) is 13.0. The van der Waals surface area contributed by atoms with Gasteiger partial charge in [0.25, 0.3) is 5.56 Å². The van der Waals surface area contributed by atoms with Crippen molar-refractivity contribution in [2.45, 2.75) is 31.0 Å². The second kappa shape index (κ2) is 4.32. The van der Waals surface area contributed by atoms with Crippen molar-refractivity contribution < 1.29 is 20.1 Å². The van der Waals surface area contributed by atoms with Crippen LogP contribution >= 0.6 is 0 Å². The van der Waals surface area contributed by atoms with E-state index in [1.54, 1.807) is 0 Å². The van der Waals surface area contributed by atoms with Gasteiger partial charge in [-0.15, -0.1) is 0 Å². The summed E-state index contributed by atoms with van der Waals surface area (Å²) in [6.45, 7) is 0.900. The van der Waals surface area contributed by atoms with E-state index in [1.165, 1.54) is 6.92 Å². The van der Waals surface area contributed by atoms with Crippen molar-refractivity contribution in [1.82, 2.24) is 9.55 Å². The molecule has 0 aromatic carbocycles. The van der Waals surface area contributed by atoms with Gasteiger partial charge in [0.1, 0.15) is 17.8 Å². The fraction of sp³-hybridized carbons (Fsp3) is 0.600. The van der Waals surface area contributed by atoms with Crippen molar-refractivity contribution in [1.29, 1.82) is 0 Å². The Morgan fingerprint density at radius 1 is 1.50 bits per heavy atom. The zero-order chi connectivity index (χ0) is 13.5. The molecule has 0 aliphatic carbocycles. The van der Waals surface area contributed by atoms with E-state index in [4.69, 9.17) is 9.84 Å². The summed E-state index contributed by atoms with van der Waals surface area (Å²) in [5.74, 6) is 0. The molecule has 8 heteroatoms. The molecule has 2 heterocycles. The zero-order valence-corrected chi connectivity index (χ0v) is 9.61. The highest BCUT2D eigenvalue weighted by Gasteiger charge is 2.51. The van der Waals surface area contributed by atoms with Crippen molar-refractivity contribution in [2.24, 2.45) is 0 Å². The Hall–Kier alpha value is -1.48. The second-order valence-electron chi connectivity index (χ2n) is 4.43. The average molecular weight is 258 g/mol. The van der Waals surface area contributed by atoms with Gasteiger partial charge in [-0.3, -0.25) is 14.3 Å². The lowest BCUT2D eigenvalue weighted by molar-refractivity contribution is -0.117. The van der Waals surface area contributed by atoms with Gasteiger partial charge in [-0.05, 0) is 6.92 Å². The number of nitrogens with zero attached hydrogens (tertiary/aromatic N) is 1. The minimum absolute atomic E-state index is 0.514. The van der Waals surface area contributed by atoms with Crippen LogP contribution in [0.25, 0.3) is 0 Å². The zero-order valence-electron chi connectivity index (χ0n) is 9.61. The Kier molecular flexibility index (Phi) is 3.11. The van der Waals surface area contributed by atoms with Crippen LogP contribution in [0.3, 0.4) is 0 Å². The van der Waals surface area contributed by atoms with Crippen LogP contribution in [0.1, 0.15) is 13.2 Å². The molecule has 1 saturated heterocycles. The minimum atomic E-state index is -1.38. The molecule has 0 radical (unpaired) electrons. The van der Waals surface area contributed by atoms with Crippen molar-refractivity contribution in [3.8, 4) is 0 Å². The summed E-state index contributed by atoms with van der Waals surface area (Å²) in [5, 5.41) is 28.8. The summed E-state index contributed by atoms with van der Waals surface area (Å²) in [4.78, 5) is 24.5. The smallest absolute Gasteiger partial charge is 0.330 e. The molecule has 4 atom stereocenters. The first-order valence-corrected chi connectivity index (χ1v) is 5.35. The highest BCUT2D eigenvalue weighted by molar-refractivity contribution is 4.99. The largest absolute Gasteiger partial charge is 0.393 e. The van der Waals surface area contributed by atoms with Gasteiger partial charge >= 0.3 is 5.69 Å². The summed E-state index contributed by atoms with van der Waals surface area (Å²) in [5.41, 5.74) is -2.70. The quantitative estimate of drug-likeness (QED) is 0.466. The van der Waals surface area contributed by atoms with Crippen molar-refractivity contribution >= 4 is 0 Å². The molecule has 4 N–H and O–H groups in total. The number of hydrogen-bond acceptors (Lipinski definition) is 6. The van der Waals surface area contributed by atoms with Gasteiger partial charge in [0.05, 0.1) is 6.61 Å². The molecule has 2 rings (SSSR count). The molecule has 18 heavy (non-hydrogen) atoms. The molecule has 0 unspecified atom stereocenters. The third kappa shape index (κ3) is 1.89. The minimum Gasteiger partial charge on any atom is -0.393 e. The predicted molar refractivity (Wildman–Crippen MR) is 58.9 cm³/mol. The summed E-state index contributed by atoms with van der Waals surface area (Å²) in [7, 11) is 0. The lowest BCUT2D eigenvalue weighted by Gasteiger charge is -2.24. The highest BCUT2D eigenvalue weighted by Crippen LogP contribution is 2.35. The fourth-order valence-electron chi connectivity index (χ4n) is 1.91. The van der Waals surface area contributed by atoms with Gasteiger partial charge in [0, 0.05) is 12.3 Å². The molecular weight excluding hydrogens is 244 g/mol. The maximum Gasteiger partial charge on any atom is 0.330 e. The van der Waals surface area contributed by atoms with E-state index in [1.807, 2.05) is 4.98 Å². The monoisotopic (exact) mass is 258 g/mol. The number of hydrogen-bond donors (Lipinski definition) is 4. The van der Waals surface area contributed by atoms with Gasteiger partial charge in [-0.1, -0.05) is 0 Å². The second-order valence-corrected chi connectivity index (χ2v) is 4.43. The lowest BCUT2D eigenvalue weighted by atomic mass is 9.99. The van der Waals surface area contributed by atoms with Crippen LogP contribution in [0.15, 0.2) is 21.9 Å². The first-order valence-electron chi connectivity index (χ1n) is 5.35. The maximum atomic E-state index is 11.6. The highest BCUT2D eigenvalue weighted by atomic mass is 16.6. The van der Waals surface area contributed by atoms with Crippen molar-refractivity contribution in [2.75, 3.05) is 6.61 Å². The molecule has 0 amide bonds. The Balaban J connectivity index is 2.41. The van der Waals surface area contributed by atoms with Crippen molar-refractivity contribution in [3.05, 3.63) is 33.1 Å². The Labute approximate surface area is 101 Å². The molecule has 8 nitrogen and oxygen atoms in total. The van der Waals surface area contributed by atoms with Crippen LogP contribution in [0.2, 0.25) is 0 Å². The Bertz CT molecular complexity index is 552. The van der Waals surface area contributed by atoms with Crippen LogP contribution in [0.4, 0.5) is 0 Å². The van der Waals surface area contributed by atoms with E-state index in [2.05, 4.69) is 0 Å². The van der Waals surface area contributed by atoms with Crippen LogP contribution < -0.4 is 11.2 Å². The molecule has 1 aliphatic heterocycles. The molecule has 0 saturated carbocycles. The number of aromatic amines is 1. The molecule has 100 valence electrons. The summed E-state index contributed by atoms with van der Waals surface area (Å²) >= 11 is 0. The van der Waals surface area contributed by atoms with Gasteiger partial charge in [0.2, 0.25) is 0 Å². The van der Waals surface area contributed by atoms with Crippen LogP contribution in [-0.2, 0) is 4.74 Å². The molecule has 1 aliphatic rings. The third-order valence-electron chi connectivity index (χ3n) is 3.07. The predicted octanol–water partition coefficient (Wildman–Crippen LogP) is -2.46. The fourth-order valence-corrected chi connectivity index (χ4v) is 1.91. The van der Waals surface area contributed by atoms with E-state index in [9.17, 15) is 19.8 Å². The summed E-state index contributed by atoms with van der Waals surface area (Å²) < 4.78 is 6.27. The average Bonchev–Trinajstić information content (AvgIpc) is 2.55. The summed E-state index contributed by atoms with van der Waals surface area (Å²) in [6.07, 6.45) is -2.73. The molecular formula is C10H14N2O6. The molecule has 1 aromatic heterocycles. The third-order valence-corrected chi connectivity index (χ3v) is 3.07. The number of aliphatic hydroxyl groups excluding tert-OH is 3. The molecule has 1 fully saturated rings. The Morgan fingerprint density at radius 2 is 2.17 bits per heavy atom.